The van der Waals surface area contributed by atoms with E-state index in [0.717, 1.165) is 77.0 Å². The van der Waals surface area contributed by atoms with Gasteiger partial charge in [0.2, 0.25) is 0 Å². The number of unbranched alkanes of at least 4 members (excludes halogenated alkanes) is 46. The van der Waals surface area contributed by atoms with E-state index >= 15 is 0 Å². The van der Waals surface area contributed by atoms with E-state index < -0.39 is 6.10 Å². The minimum Gasteiger partial charge on any atom is -0.462 e. The first-order valence-corrected chi connectivity index (χ1v) is 35.5. The fourth-order valence-electron chi connectivity index (χ4n) is 10.7. The Morgan fingerprint density at radius 1 is 0.300 bits per heavy atom. The minimum absolute atomic E-state index is 0.0630. The molecule has 0 spiro atoms. The standard InChI is InChI=1S/C75H136O5/c1-3-5-7-9-11-13-15-17-19-21-23-25-27-29-31-33-35-37-39-41-43-45-47-49-51-53-55-57-59-61-63-65-67-69-74(77)79-72-73(71-76)80-75(78)70-68-66-64-62-60-58-56-54-52-50-48-46-44-42-40-38-36-34-32-30-28-26-24-22-20-18-16-14-12-10-8-6-4-2/h6,8,12,14,18,20,24,26,30,32,36,38,73,76H,3-5,7,9-11,13,15-17,19,21-23,25,27-29,31,33-35,37,39-72H2,1-2H3/b8-6-,14-12-,20-18-,26-24-,32-30-,38-36-. The number of aliphatic hydroxyl groups is 1. The van der Waals surface area contributed by atoms with Gasteiger partial charge in [0.05, 0.1) is 6.61 Å². The first kappa shape index (κ1) is 77.3. The Morgan fingerprint density at radius 2 is 0.537 bits per heavy atom. The number of rotatable bonds is 66. The van der Waals surface area contributed by atoms with Crippen LogP contribution in [0, 0.1) is 0 Å². The van der Waals surface area contributed by atoms with Crippen molar-refractivity contribution in [1.82, 2.24) is 0 Å². The number of aliphatic hydroxyl groups excluding tert-OH is 1. The van der Waals surface area contributed by atoms with Crippen LogP contribution in [0.1, 0.15) is 373 Å². The van der Waals surface area contributed by atoms with Crippen LogP contribution in [0.3, 0.4) is 0 Å². The van der Waals surface area contributed by atoms with E-state index in [4.69, 9.17) is 9.47 Å². The molecule has 0 rings (SSSR count). The molecule has 5 nitrogen and oxygen atoms in total. The van der Waals surface area contributed by atoms with E-state index in [1.807, 2.05) is 0 Å². The molecule has 80 heavy (non-hydrogen) atoms. The van der Waals surface area contributed by atoms with Crippen LogP contribution >= 0.6 is 0 Å². The molecular weight excluding hydrogens is 981 g/mol. The summed E-state index contributed by atoms with van der Waals surface area (Å²) in [6, 6.07) is 0. The lowest BCUT2D eigenvalue weighted by Gasteiger charge is -2.15. The van der Waals surface area contributed by atoms with Gasteiger partial charge in [-0.2, -0.15) is 0 Å². The summed E-state index contributed by atoms with van der Waals surface area (Å²) >= 11 is 0. The second-order valence-electron chi connectivity index (χ2n) is 23.9. The summed E-state index contributed by atoms with van der Waals surface area (Å²) in [5.74, 6) is -0.573. The van der Waals surface area contributed by atoms with Gasteiger partial charge in [-0.15, -0.1) is 0 Å². The van der Waals surface area contributed by atoms with Crippen molar-refractivity contribution in [3.05, 3.63) is 72.9 Å². The monoisotopic (exact) mass is 1120 g/mol. The molecule has 1 atom stereocenters. The van der Waals surface area contributed by atoms with Crippen molar-refractivity contribution < 1.29 is 24.2 Å². The van der Waals surface area contributed by atoms with Gasteiger partial charge in [-0.25, -0.2) is 0 Å². The van der Waals surface area contributed by atoms with E-state index in [1.165, 1.54) is 270 Å². The van der Waals surface area contributed by atoms with E-state index in [9.17, 15) is 14.7 Å². The zero-order valence-corrected chi connectivity index (χ0v) is 53.6. The quantitative estimate of drug-likeness (QED) is 0.0373. The number of ether oxygens (including phenoxy) is 2. The molecule has 0 saturated heterocycles. The van der Waals surface area contributed by atoms with Crippen LogP contribution < -0.4 is 0 Å². The lowest BCUT2D eigenvalue weighted by molar-refractivity contribution is -0.161. The minimum atomic E-state index is -0.774. The molecule has 0 aromatic rings. The smallest absolute Gasteiger partial charge is 0.306 e. The van der Waals surface area contributed by atoms with Gasteiger partial charge in [0, 0.05) is 12.8 Å². The fraction of sp³-hybridized carbons (Fsp3) is 0.813. The van der Waals surface area contributed by atoms with Gasteiger partial charge in [0.1, 0.15) is 6.61 Å². The Labute approximate surface area is 499 Å². The summed E-state index contributed by atoms with van der Waals surface area (Å²) in [5, 5.41) is 9.71. The summed E-state index contributed by atoms with van der Waals surface area (Å²) in [6.07, 6.45) is 98.0. The lowest BCUT2D eigenvalue weighted by Crippen LogP contribution is -2.28. The molecule has 5 heteroatoms. The molecular formula is C75H136O5. The maximum absolute atomic E-state index is 12.4. The Bertz CT molecular complexity index is 1400. The van der Waals surface area contributed by atoms with Crippen LogP contribution in [0.5, 0.6) is 0 Å². The molecule has 0 aliphatic heterocycles. The predicted molar refractivity (Wildman–Crippen MR) is 353 cm³/mol. The summed E-state index contributed by atoms with van der Waals surface area (Å²) in [4.78, 5) is 24.7. The van der Waals surface area contributed by atoms with Crippen molar-refractivity contribution >= 4 is 11.9 Å². The predicted octanol–water partition coefficient (Wildman–Crippen LogP) is 24.7. The second kappa shape index (κ2) is 70.6. The van der Waals surface area contributed by atoms with Crippen molar-refractivity contribution in [3.8, 4) is 0 Å². The third kappa shape index (κ3) is 67.8. The summed E-state index contributed by atoms with van der Waals surface area (Å²) in [7, 11) is 0. The van der Waals surface area contributed by atoms with Gasteiger partial charge in [0.25, 0.3) is 0 Å². The average Bonchev–Trinajstić information content (AvgIpc) is 3.46. The van der Waals surface area contributed by atoms with Gasteiger partial charge in [-0.1, -0.05) is 369 Å². The van der Waals surface area contributed by atoms with Gasteiger partial charge in [0.15, 0.2) is 6.10 Å². The fourth-order valence-corrected chi connectivity index (χ4v) is 10.7. The average molecular weight is 1120 g/mol. The van der Waals surface area contributed by atoms with Crippen LogP contribution in [0.15, 0.2) is 72.9 Å². The highest BCUT2D eigenvalue weighted by Crippen LogP contribution is 2.19. The highest BCUT2D eigenvalue weighted by Gasteiger charge is 2.16. The number of esters is 2. The zero-order valence-electron chi connectivity index (χ0n) is 53.6. The zero-order chi connectivity index (χ0) is 57.6. The lowest BCUT2D eigenvalue weighted by atomic mass is 10.0. The van der Waals surface area contributed by atoms with Gasteiger partial charge < -0.3 is 14.6 Å². The van der Waals surface area contributed by atoms with Gasteiger partial charge >= 0.3 is 11.9 Å². The maximum Gasteiger partial charge on any atom is 0.306 e. The van der Waals surface area contributed by atoms with Crippen LogP contribution in [-0.2, 0) is 19.1 Å². The molecule has 0 fully saturated rings. The first-order valence-electron chi connectivity index (χ1n) is 35.5. The Morgan fingerprint density at radius 3 is 0.812 bits per heavy atom. The summed E-state index contributed by atoms with van der Waals surface area (Å²) in [5.41, 5.74) is 0. The van der Waals surface area contributed by atoms with Crippen LogP contribution in [0.2, 0.25) is 0 Å². The molecule has 0 aromatic heterocycles. The van der Waals surface area contributed by atoms with Crippen LogP contribution in [0.4, 0.5) is 0 Å². The molecule has 1 N–H and O–H groups in total. The molecule has 0 radical (unpaired) electrons. The number of carbonyl (C=O) groups is 2. The van der Waals surface area contributed by atoms with Gasteiger partial charge in [-0.05, 0) is 64.2 Å². The molecule has 1 unspecified atom stereocenters. The number of carbonyl (C=O) groups excluding carboxylic acids is 2. The molecule has 0 saturated carbocycles. The van der Waals surface area contributed by atoms with Crippen molar-refractivity contribution in [1.29, 1.82) is 0 Å². The highest BCUT2D eigenvalue weighted by molar-refractivity contribution is 5.70. The first-order chi connectivity index (χ1) is 39.6. The number of hydrogen-bond donors (Lipinski definition) is 1. The number of hydrogen-bond acceptors (Lipinski definition) is 5. The molecule has 0 aromatic carbocycles. The van der Waals surface area contributed by atoms with Crippen molar-refractivity contribution in [2.24, 2.45) is 0 Å². The third-order valence-electron chi connectivity index (χ3n) is 16.0. The van der Waals surface area contributed by atoms with E-state index in [0.29, 0.717) is 12.8 Å². The molecule has 0 bridgehead atoms. The molecule has 0 heterocycles. The third-order valence-corrected chi connectivity index (χ3v) is 16.0. The Balaban J connectivity index is 3.42. The number of allylic oxidation sites excluding steroid dienone is 12. The van der Waals surface area contributed by atoms with Crippen molar-refractivity contribution in [3.63, 3.8) is 0 Å². The second-order valence-corrected chi connectivity index (χ2v) is 23.9. The van der Waals surface area contributed by atoms with E-state index in [-0.39, 0.29) is 25.2 Å². The maximum atomic E-state index is 12.4. The van der Waals surface area contributed by atoms with Crippen molar-refractivity contribution in [2.45, 2.75) is 380 Å². The van der Waals surface area contributed by atoms with Crippen molar-refractivity contribution in [2.75, 3.05) is 13.2 Å². The van der Waals surface area contributed by atoms with Crippen LogP contribution in [0.25, 0.3) is 0 Å². The molecule has 0 aliphatic carbocycles. The SMILES string of the molecule is CC/C=C\C/C=C\C/C=C\C/C=C\C/C=C\C/C=C\CCCCCCCCCCCCCCCCC(=O)OC(CO)COC(=O)CCCCCCCCCCCCCCCCCCCCCCCCCCCCCCCCCCC. The normalized spacial score (nSPS) is 12.6. The molecule has 0 amide bonds. The Hall–Kier alpha value is -2.66. The summed E-state index contributed by atoms with van der Waals surface area (Å²) < 4.78 is 10.8. The van der Waals surface area contributed by atoms with E-state index in [2.05, 4.69) is 86.8 Å². The summed E-state index contributed by atoms with van der Waals surface area (Å²) in [6.45, 7) is 4.08. The van der Waals surface area contributed by atoms with Crippen LogP contribution in [-0.4, -0.2) is 36.4 Å². The highest BCUT2D eigenvalue weighted by atomic mass is 16.6. The van der Waals surface area contributed by atoms with Gasteiger partial charge in [-0.3, -0.25) is 9.59 Å². The Kier molecular flexibility index (Phi) is 68.3. The largest absolute Gasteiger partial charge is 0.462 e. The topological polar surface area (TPSA) is 72.8 Å². The molecule has 466 valence electrons. The van der Waals surface area contributed by atoms with E-state index in [1.54, 1.807) is 0 Å². The molecule has 0 aliphatic rings.